The highest BCUT2D eigenvalue weighted by Gasteiger charge is 2.05. The van der Waals surface area contributed by atoms with Crippen molar-refractivity contribution in [2.75, 3.05) is 0 Å². The van der Waals surface area contributed by atoms with E-state index in [-0.39, 0.29) is 6.04 Å². The molecule has 0 amide bonds. The normalized spacial score (nSPS) is 12.6. The largest absolute Gasteiger partial charge is 0.350 e. The zero-order chi connectivity index (χ0) is 12.3. The maximum atomic E-state index is 5.99. The zero-order valence-electron chi connectivity index (χ0n) is 9.94. The van der Waals surface area contributed by atoms with E-state index in [1.54, 1.807) is 0 Å². The van der Waals surface area contributed by atoms with Gasteiger partial charge < -0.3 is 10.3 Å². The second-order valence-corrected chi connectivity index (χ2v) is 4.69. The number of aromatic nitrogens is 1. The highest BCUT2D eigenvalue weighted by Crippen LogP contribution is 2.15. The van der Waals surface area contributed by atoms with Gasteiger partial charge >= 0.3 is 0 Å². The minimum Gasteiger partial charge on any atom is -0.350 e. The first-order valence-electron chi connectivity index (χ1n) is 5.84. The molecule has 0 aliphatic heterocycles. The highest BCUT2D eigenvalue weighted by atomic mass is 35.5. The van der Waals surface area contributed by atoms with Gasteiger partial charge in [-0.25, -0.2) is 0 Å². The van der Waals surface area contributed by atoms with Crippen molar-refractivity contribution in [2.45, 2.75) is 25.9 Å². The second kappa shape index (κ2) is 5.39. The van der Waals surface area contributed by atoms with Crippen molar-refractivity contribution in [3.8, 4) is 0 Å². The summed E-state index contributed by atoms with van der Waals surface area (Å²) in [4.78, 5) is 0. The van der Waals surface area contributed by atoms with Crippen LogP contribution in [0.15, 0.2) is 42.7 Å². The van der Waals surface area contributed by atoms with Gasteiger partial charge in [0.15, 0.2) is 0 Å². The van der Waals surface area contributed by atoms with E-state index in [0.29, 0.717) is 0 Å². The summed E-state index contributed by atoms with van der Waals surface area (Å²) in [6, 6.07) is 10.1. The van der Waals surface area contributed by atoms with Crippen LogP contribution in [0.2, 0.25) is 5.02 Å². The van der Waals surface area contributed by atoms with Gasteiger partial charge in [-0.15, -0.1) is 0 Å². The smallest absolute Gasteiger partial charge is 0.0470 e. The summed E-state index contributed by atoms with van der Waals surface area (Å²) >= 11 is 5.86. The second-order valence-electron chi connectivity index (χ2n) is 4.26. The molecule has 90 valence electrons. The van der Waals surface area contributed by atoms with Crippen LogP contribution >= 0.6 is 11.6 Å². The molecule has 2 N–H and O–H groups in total. The number of hydrogen-bond donors (Lipinski definition) is 1. The minimum atomic E-state index is 0.140. The number of benzene rings is 1. The SMILES string of the molecule is CCC(N)c1ccn(Cc2ccc(Cl)cc2)c1. The van der Waals surface area contributed by atoms with Gasteiger partial charge in [-0.3, -0.25) is 0 Å². The van der Waals surface area contributed by atoms with E-state index >= 15 is 0 Å². The maximum absolute atomic E-state index is 5.99. The maximum Gasteiger partial charge on any atom is 0.0470 e. The summed E-state index contributed by atoms with van der Waals surface area (Å²) in [5.74, 6) is 0. The van der Waals surface area contributed by atoms with Gasteiger partial charge in [0.1, 0.15) is 0 Å². The van der Waals surface area contributed by atoms with Crippen molar-refractivity contribution in [3.05, 3.63) is 58.9 Å². The molecule has 0 aliphatic carbocycles. The lowest BCUT2D eigenvalue weighted by molar-refractivity contribution is 0.693. The molecule has 0 aliphatic rings. The molecule has 2 aromatic rings. The van der Waals surface area contributed by atoms with Gasteiger partial charge in [0.25, 0.3) is 0 Å². The first kappa shape index (κ1) is 12.2. The highest BCUT2D eigenvalue weighted by molar-refractivity contribution is 6.30. The number of nitrogens with two attached hydrogens (primary N) is 1. The Morgan fingerprint density at radius 1 is 1.24 bits per heavy atom. The van der Waals surface area contributed by atoms with Crippen molar-refractivity contribution >= 4 is 11.6 Å². The lowest BCUT2D eigenvalue weighted by atomic mass is 10.1. The molecule has 1 heterocycles. The predicted molar refractivity (Wildman–Crippen MR) is 72.2 cm³/mol. The van der Waals surface area contributed by atoms with E-state index in [1.165, 1.54) is 11.1 Å². The Labute approximate surface area is 107 Å². The molecule has 1 aromatic carbocycles. The van der Waals surface area contributed by atoms with Crippen LogP contribution in [0.1, 0.15) is 30.5 Å². The van der Waals surface area contributed by atoms with Crippen LogP contribution in [-0.2, 0) is 6.54 Å². The average molecular weight is 249 g/mol. The standard InChI is InChI=1S/C14H17ClN2/c1-2-14(16)12-7-8-17(10-12)9-11-3-5-13(15)6-4-11/h3-8,10,14H,2,9,16H2,1H3. The van der Waals surface area contributed by atoms with Crippen molar-refractivity contribution in [3.63, 3.8) is 0 Å². The van der Waals surface area contributed by atoms with E-state index in [2.05, 4.69) is 30.0 Å². The fourth-order valence-electron chi connectivity index (χ4n) is 1.81. The third-order valence-electron chi connectivity index (χ3n) is 2.92. The summed E-state index contributed by atoms with van der Waals surface area (Å²) in [5.41, 5.74) is 8.42. The first-order valence-corrected chi connectivity index (χ1v) is 6.22. The van der Waals surface area contributed by atoms with Crippen LogP contribution < -0.4 is 5.73 Å². The third kappa shape index (κ3) is 3.11. The van der Waals surface area contributed by atoms with Gasteiger partial charge in [0, 0.05) is 30.0 Å². The number of hydrogen-bond acceptors (Lipinski definition) is 1. The molecule has 1 aromatic heterocycles. The quantitative estimate of drug-likeness (QED) is 0.881. The van der Waals surface area contributed by atoms with Crippen molar-refractivity contribution in [1.29, 1.82) is 0 Å². The molecule has 1 unspecified atom stereocenters. The monoisotopic (exact) mass is 248 g/mol. The molecule has 2 nitrogen and oxygen atoms in total. The van der Waals surface area contributed by atoms with E-state index in [9.17, 15) is 0 Å². The Hall–Kier alpha value is -1.25. The topological polar surface area (TPSA) is 30.9 Å². The van der Waals surface area contributed by atoms with Gasteiger partial charge in [0.05, 0.1) is 0 Å². The molecule has 1 atom stereocenters. The third-order valence-corrected chi connectivity index (χ3v) is 3.17. The van der Waals surface area contributed by atoms with Crippen LogP contribution in [0.3, 0.4) is 0 Å². The Morgan fingerprint density at radius 3 is 2.59 bits per heavy atom. The summed E-state index contributed by atoms with van der Waals surface area (Å²) < 4.78 is 2.15. The molecule has 3 heteroatoms. The van der Waals surface area contributed by atoms with E-state index in [1.807, 2.05) is 24.3 Å². The Bertz CT molecular complexity index is 473. The molecule has 0 fully saturated rings. The molecule has 0 saturated carbocycles. The molecule has 0 bridgehead atoms. The molecule has 2 rings (SSSR count). The van der Waals surface area contributed by atoms with Gasteiger partial charge in [-0.2, -0.15) is 0 Å². The van der Waals surface area contributed by atoms with Crippen LogP contribution in [0.25, 0.3) is 0 Å². The van der Waals surface area contributed by atoms with Gasteiger partial charge in [-0.1, -0.05) is 30.7 Å². The van der Waals surface area contributed by atoms with E-state index in [4.69, 9.17) is 17.3 Å². The average Bonchev–Trinajstić information content (AvgIpc) is 2.80. The number of halogens is 1. The van der Waals surface area contributed by atoms with E-state index in [0.717, 1.165) is 18.0 Å². The fourth-order valence-corrected chi connectivity index (χ4v) is 1.94. The van der Waals surface area contributed by atoms with Crippen LogP contribution in [0.4, 0.5) is 0 Å². The minimum absolute atomic E-state index is 0.140. The van der Waals surface area contributed by atoms with Crippen molar-refractivity contribution in [1.82, 2.24) is 4.57 Å². The number of nitrogens with zero attached hydrogens (tertiary/aromatic N) is 1. The Balaban J connectivity index is 2.08. The fraction of sp³-hybridized carbons (Fsp3) is 0.286. The lowest BCUT2D eigenvalue weighted by Crippen LogP contribution is -2.07. The molecule has 17 heavy (non-hydrogen) atoms. The number of rotatable bonds is 4. The van der Waals surface area contributed by atoms with Crippen LogP contribution in [0, 0.1) is 0 Å². The van der Waals surface area contributed by atoms with Crippen molar-refractivity contribution < 1.29 is 0 Å². The lowest BCUT2D eigenvalue weighted by Gasteiger charge is -2.06. The van der Waals surface area contributed by atoms with Crippen molar-refractivity contribution in [2.24, 2.45) is 5.73 Å². The van der Waals surface area contributed by atoms with Crippen LogP contribution in [0.5, 0.6) is 0 Å². The molecule has 0 saturated heterocycles. The zero-order valence-corrected chi connectivity index (χ0v) is 10.7. The molecule has 0 spiro atoms. The Kier molecular flexibility index (Phi) is 3.87. The molecule has 0 radical (unpaired) electrons. The summed E-state index contributed by atoms with van der Waals surface area (Å²) in [6.07, 6.45) is 5.15. The Morgan fingerprint density at radius 2 is 1.94 bits per heavy atom. The van der Waals surface area contributed by atoms with Gasteiger partial charge in [0.2, 0.25) is 0 Å². The van der Waals surface area contributed by atoms with Gasteiger partial charge in [-0.05, 0) is 35.7 Å². The summed E-state index contributed by atoms with van der Waals surface area (Å²) in [5, 5.41) is 0.773. The predicted octanol–water partition coefficient (Wildman–Crippen LogP) is 3.60. The first-order chi connectivity index (χ1) is 8.19. The van der Waals surface area contributed by atoms with E-state index < -0.39 is 0 Å². The van der Waals surface area contributed by atoms with Crippen LogP contribution in [-0.4, -0.2) is 4.57 Å². The summed E-state index contributed by atoms with van der Waals surface area (Å²) in [6.45, 7) is 2.95. The molecular formula is C14H17ClN2. The summed E-state index contributed by atoms with van der Waals surface area (Å²) in [7, 11) is 0. The molecular weight excluding hydrogens is 232 g/mol.